The van der Waals surface area contributed by atoms with Crippen LogP contribution < -0.4 is 21.3 Å². The summed E-state index contributed by atoms with van der Waals surface area (Å²) in [7, 11) is 0. The van der Waals surface area contributed by atoms with Crippen molar-refractivity contribution in [2.45, 2.75) is 13.0 Å². The first kappa shape index (κ1) is 12.9. The van der Waals surface area contributed by atoms with Gasteiger partial charge in [-0.05, 0) is 17.7 Å². The van der Waals surface area contributed by atoms with Crippen LogP contribution in [0.2, 0.25) is 0 Å². The average Bonchev–Trinajstić information content (AvgIpc) is 2.85. The van der Waals surface area contributed by atoms with E-state index < -0.39 is 11.2 Å². The standard InChI is InChI=1S/C12H11BrN4O3/c13-8-3-6-1-2-20-9(6)7(4-8)5-14-10-11(18)15-12(19)17-16-10/h3-4H,1-2,5H2,(H,14,16)(H2,15,17,18,19). The van der Waals surface area contributed by atoms with Gasteiger partial charge in [0.15, 0.2) is 0 Å². The molecule has 0 radical (unpaired) electrons. The normalized spacial score (nSPS) is 12.8. The quantitative estimate of drug-likeness (QED) is 0.767. The topological polar surface area (TPSA) is 99.9 Å². The zero-order valence-electron chi connectivity index (χ0n) is 10.3. The smallest absolute Gasteiger partial charge is 0.342 e. The zero-order chi connectivity index (χ0) is 14.1. The van der Waals surface area contributed by atoms with Gasteiger partial charge < -0.3 is 10.1 Å². The number of aromatic nitrogens is 3. The third kappa shape index (κ3) is 2.46. The molecule has 0 atom stereocenters. The van der Waals surface area contributed by atoms with Crippen molar-refractivity contribution in [2.75, 3.05) is 11.9 Å². The zero-order valence-corrected chi connectivity index (χ0v) is 11.9. The molecule has 20 heavy (non-hydrogen) atoms. The molecule has 0 spiro atoms. The van der Waals surface area contributed by atoms with Crippen LogP contribution >= 0.6 is 15.9 Å². The van der Waals surface area contributed by atoms with Gasteiger partial charge in [-0.15, -0.1) is 5.10 Å². The molecule has 0 bridgehead atoms. The summed E-state index contributed by atoms with van der Waals surface area (Å²) >= 11 is 3.45. The number of rotatable bonds is 3. The summed E-state index contributed by atoms with van der Waals surface area (Å²) in [6.45, 7) is 1.04. The van der Waals surface area contributed by atoms with E-state index in [-0.39, 0.29) is 5.82 Å². The average molecular weight is 339 g/mol. The largest absolute Gasteiger partial charge is 0.493 e. The van der Waals surface area contributed by atoms with E-state index >= 15 is 0 Å². The summed E-state index contributed by atoms with van der Waals surface area (Å²) in [5.74, 6) is 0.915. The monoisotopic (exact) mass is 338 g/mol. The SMILES string of the molecule is O=c1[nH]nc(NCc2cc(Br)cc3c2OCC3)c(=O)[nH]1. The second-order valence-corrected chi connectivity index (χ2v) is 5.28. The van der Waals surface area contributed by atoms with E-state index in [1.807, 2.05) is 12.1 Å². The van der Waals surface area contributed by atoms with Crippen molar-refractivity contribution < 1.29 is 4.74 Å². The molecule has 0 saturated carbocycles. The van der Waals surface area contributed by atoms with E-state index in [1.54, 1.807) is 0 Å². The lowest BCUT2D eigenvalue weighted by Crippen LogP contribution is -2.26. The van der Waals surface area contributed by atoms with E-state index in [9.17, 15) is 9.59 Å². The molecule has 7 nitrogen and oxygen atoms in total. The van der Waals surface area contributed by atoms with Crippen LogP contribution in [0, 0.1) is 0 Å². The Morgan fingerprint density at radius 3 is 3.05 bits per heavy atom. The maximum atomic E-state index is 11.5. The predicted molar refractivity (Wildman–Crippen MR) is 76.1 cm³/mol. The highest BCUT2D eigenvalue weighted by molar-refractivity contribution is 9.10. The molecule has 0 fully saturated rings. The summed E-state index contributed by atoms with van der Waals surface area (Å²) in [6, 6.07) is 3.95. The summed E-state index contributed by atoms with van der Waals surface area (Å²) in [5, 5.41) is 8.73. The number of hydrogen-bond acceptors (Lipinski definition) is 5. The molecule has 8 heteroatoms. The van der Waals surface area contributed by atoms with Gasteiger partial charge >= 0.3 is 5.69 Å². The lowest BCUT2D eigenvalue weighted by atomic mass is 10.1. The first-order valence-electron chi connectivity index (χ1n) is 6.00. The Kier molecular flexibility index (Phi) is 3.31. The van der Waals surface area contributed by atoms with E-state index in [1.165, 1.54) is 0 Å². The Morgan fingerprint density at radius 2 is 2.25 bits per heavy atom. The van der Waals surface area contributed by atoms with E-state index in [0.717, 1.165) is 27.8 Å². The fourth-order valence-corrected chi connectivity index (χ4v) is 2.68. The number of ether oxygens (including phenoxy) is 1. The van der Waals surface area contributed by atoms with E-state index in [4.69, 9.17) is 4.74 Å². The molecule has 0 saturated heterocycles. The first-order valence-corrected chi connectivity index (χ1v) is 6.80. The number of halogens is 1. The molecule has 2 aromatic rings. The predicted octanol–water partition coefficient (Wildman–Crippen LogP) is 0.768. The molecule has 1 aliphatic heterocycles. The number of H-pyrrole nitrogens is 2. The highest BCUT2D eigenvalue weighted by Crippen LogP contribution is 2.33. The van der Waals surface area contributed by atoms with Crippen molar-refractivity contribution in [3.05, 3.63) is 48.6 Å². The Morgan fingerprint density at radius 1 is 1.40 bits per heavy atom. The highest BCUT2D eigenvalue weighted by atomic mass is 79.9. The van der Waals surface area contributed by atoms with Crippen LogP contribution in [-0.2, 0) is 13.0 Å². The van der Waals surface area contributed by atoms with Crippen LogP contribution in [0.4, 0.5) is 5.82 Å². The van der Waals surface area contributed by atoms with Gasteiger partial charge in [0, 0.05) is 23.0 Å². The van der Waals surface area contributed by atoms with Gasteiger partial charge in [-0.2, -0.15) is 0 Å². The minimum absolute atomic E-state index is 0.0660. The number of hydrogen-bond donors (Lipinski definition) is 3. The molecule has 2 heterocycles. The van der Waals surface area contributed by atoms with Crippen LogP contribution in [-0.4, -0.2) is 21.8 Å². The van der Waals surface area contributed by atoms with Crippen molar-refractivity contribution >= 4 is 21.7 Å². The molecule has 3 N–H and O–H groups in total. The van der Waals surface area contributed by atoms with Crippen molar-refractivity contribution in [2.24, 2.45) is 0 Å². The lowest BCUT2D eigenvalue weighted by molar-refractivity contribution is 0.354. The number of benzene rings is 1. The van der Waals surface area contributed by atoms with E-state index in [0.29, 0.717) is 13.2 Å². The van der Waals surface area contributed by atoms with E-state index in [2.05, 4.69) is 36.4 Å². The summed E-state index contributed by atoms with van der Waals surface area (Å²) in [4.78, 5) is 24.5. The molecule has 104 valence electrons. The van der Waals surface area contributed by atoms with Gasteiger partial charge in [-0.3, -0.25) is 9.78 Å². The molecule has 1 aromatic carbocycles. The summed E-state index contributed by atoms with van der Waals surface area (Å²) in [5.41, 5.74) is 0.882. The van der Waals surface area contributed by atoms with Crippen LogP contribution in [0.3, 0.4) is 0 Å². The van der Waals surface area contributed by atoms with Crippen LogP contribution in [0.1, 0.15) is 11.1 Å². The second-order valence-electron chi connectivity index (χ2n) is 4.36. The minimum atomic E-state index is -0.632. The molecule has 3 rings (SSSR count). The van der Waals surface area contributed by atoms with Crippen molar-refractivity contribution in [3.63, 3.8) is 0 Å². The molecule has 0 aliphatic carbocycles. The van der Waals surface area contributed by atoms with Gasteiger partial charge in [0.1, 0.15) is 5.75 Å². The Bertz CT molecular complexity index is 768. The Balaban J connectivity index is 1.86. The highest BCUT2D eigenvalue weighted by Gasteiger charge is 2.17. The van der Waals surface area contributed by atoms with Crippen LogP contribution in [0.15, 0.2) is 26.2 Å². The summed E-state index contributed by atoms with van der Waals surface area (Å²) < 4.78 is 6.56. The molecular weight excluding hydrogens is 328 g/mol. The van der Waals surface area contributed by atoms with Crippen LogP contribution in [0.5, 0.6) is 5.75 Å². The van der Waals surface area contributed by atoms with Crippen molar-refractivity contribution in [1.29, 1.82) is 0 Å². The number of aromatic amines is 2. The third-order valence-electron chi connectivity index (χ3n) is 2.98. The molecule has 0 amide bonds. The molecule has 0 unspecified atom stereocenters. The maximum Gasteiger partial charge on any atom is 0.342 e. The number of nitrogens with zero attached hydrogens (tertiary/aromatic N) is 1. The van der Waals surface area contributed by atoms with Gasteiger partial charge in [0.25, 0.3) is 5.56 Å². The fraction of sp³-hybridized carbons (Fsp3) is 0.250. The van der Waals surface area contributed by atoms with Gasteiger partial charge in [-0.25, -0.2) is 9.89 Å². The maximum absolute atomic E-state index is 11.5. The molecule has 1 aliphatic rings. The lowest BCUT2D eigenvalue weighted by Gasteiger charge is -2.10. The van der Waals surface area contributed by atoms with Gasteiger partial charge in [0.05, 0.1) is 6.61 Å². The third-order valence-corrected chi connectivity index (χ3v) is 3.44. The van der Waals surface area contributed by atoms with Crippen LogP contribution in [0.25, 0.3) is 0 Å². The van der Waals surface area contributed by atoms with Crippen molar-refractivity contribution in [3.8, 4) is 5.75 Å². The second kappa shape index (κ2) is 5.12. The Labute approximate surface area is 121 Å². The number of fused-ring (bicyclic) bond motifs is 1. The number of anilines is 1. The molecule has 1 aromatic heterocycles. The van der Waals surface area contributed by atoms with Gasteiger partial charge in [-0.1, -0.05) is 15.9 Å². The van der Waals surface area contributed by atoms with Gasteiger partial charge in [0.2, 0.25) is 5.82 Å². The Hall–Kier alpha value is -2.09. The fourth-order valence-electron chi connectivity index (χ4n) is 2.12. The van der Waals surface area contributed by atoms with Crippen molar-refractivity contribution in [1.82, 2.24) is 15.2 Å². The summed E-state index contributed by atoms with van der Waals surface area (Å²) in [6.07, 6.45) is 0.874. The molecular formula is C12H11BrN4O3. The first-order chi connectivity index (χ1) is 9.63. The minimum Gasteiger partial charge on any atom is -0.493 e. The number of nitrogens with one attached hydrogen (secondary N) is 3.